The first-order valence-electron chi connectivity index (χ1n) is 15.0. The largest absolute Gasteiger partial charge is 0.494 e. The van der Waals surface area contributed by atoms with Crippen molar-refractivity contribution in [3.05, 3.63) is 48.5 Å². The predicted molar refractivity (Wildman–Crippen MR) is 181 cm³/mol. The topological polar surface area (TPSA) is 252 Å². The summed E-state index contributed by atoms with van der Waals surface area (Å²) in [6, 6.07) is 11.8. The Morgan fingerprint density at radius 1 is 0.571 bits per heavy atom. The van der Waals surface area contributed by atoms with Crippen molar-refractivity contribution in [3.63, 3.8) is 0 Å². The third-order valence-electron chi connectivity index (χ3n) is 7.08. The van der Waals surface area contributed by atoms with Gasteiger partial charge in [-0.05, 0) is 117 Å². The Balaban J connectivity index is 0.000000886. The molecule has 17 nitrogen and oxygen atoms in total. The normalized spacial score (nSPS) is 17.2. The first-order valence-corrected chi connectivity index (χ1v) is 15.0. The van der Waals surface area contributed by atoms with Crippen LogP contribution >= 0.6 is 0 Å². The second-order valence-corrected chi connectivity index (χ2v) is 11.1. The minimum Gasteiger partial charge on any atom is -0.494 e. The summed E-state index contributed by atoms with van der Waals surface area (Å²) in [6.45, 7) is 5.96. The molecule has 8 amide bonds. The second kappa shape index (κ2) is 20.4. The standard InChI is InChI=1S/2C16H21N3O4.3H2O/c2*1-4-23-12-7-5-11(6-8-12)19-15(21)13(9-10-18(2)3)14(20)17-16(19)22;;;/h2*5-8,13H,4,9-10H2,1-3H3,(H,17,20,22);3*1H2. The van der Waals surface area contributed by atoms with E-state index in [1.165, 1.54) is 0 Å². The molecule has 2 unspecified atom stereocenters. The van der Waals surface area contributed by atoms with E-state index in [-0.39, 0.29) is 16.4 Å². The maximum absolute atomic E-state index is 12.6. The highest BCUT2D eigenvalue weighted by atomic mass is 16.5. The molecular weight excluding hydrogens is 644 g/mol. The third kappa shape index (κ3) is 11.6. The van der Waals surface area contributed by atoms with Crippen molar-refractivity contribution in [1.82, 2.24) is 20.4 Å². The number of rotatable bonds is 12. The summed E-state index contributed by atoms with van der Waals surface area (Å²) < 4.78 is 10.7. The van der Waals surface area contributed by atoms with E-state index in [1.807, 2.05) is 51.8 Å². The molecule has 0 aliphatic carbocycles. The number of hydrogen-bond acceptors (Lipinski definition) is 10. The summed E-state index contributed by atoms with van der Waals surface area (Å²) in [6.07, 6.45) is 0.719. The average molecular weight is 693 g/mol. The molecule has 0 bridgehead atoms. The number of imide groups is 4. The minimum absolute atomic E-state index is 0. The highest BCUT2D eigenvalue weighted by molar-refractivity contribution is 6.28. The van der Waals surface area contributed by atoms with E-state index in [1.54, 1.807) is 48.5 Å². The van der Waals surface area contributed by atoms with Crippen molar-refractivity contribution in [3.8, 4) is 11.5 Å². The van der Waals surface area contributed by atoms with Crippen LogP contribution in [0.25, 0.3) is 0 Å². The summed E-state index contributed by atoms with van der Waals surface area (Å²) in [4.78, 5) is 78.9. The van der Waals surface area contributed by atoms with Crippen LogP contribution in [0.15, 0.2) is 48.5 Å². The molecule has 2 aliphatic heterocycles. The Bertz CT molecular complexity index is 1310. The molecule has 2 aromatic carbocycles. The van der Waals surface area contributed by atoms with E-state index < -0.39 is 47.5 Å². The van der Waals surface area contributed by atoms with Crippen LogP contribution in [0, 0.1) is 11.8 Å². The molecule has 2 aromatic rings. The van der Waals surface area contributed by atoms with Crippen LogP contribution in [-0.2, 0) is 19.2 Å². The Morgan fingerprint density at radius 3 is 1.14 bits per heavy atom. The smallest absolute Gasteiger partial charge is 0.335 e. The maximum Gasteiger partial charge on any atom is 0.335 e. The van der Waals surface area contributed by atoms with Gasteiger partial charge >= 0.3 is 12.1 Å². The van der Waals surface area contributed by atoms with Gasteiger partial charge < -0.3 is 35.7 Å². The number of amides is 8. The van der Waals surface area contributed by atoms with Gasteiger partial charge in [-0.25, -0.2) is 19.4 Å². The Labute approximate surface area is 285 Å². The number of barbiturate groups is 2. The Hall–Kier alpha value is -4.94. The molecule has 2 atom stereocenters. The molecule has 0 spiro atoms. The average Bonchev–Trinajstić information content (AvgIpc) is 2.98. The zero-order valence-corrected chi connectivity index (χ0v) is 28.6. The summed E-state index contributed by atoms with van der Waals surface area (Å²) in [5.74, 6) is -2.48. The lowest BCUT2D eigenvalue weighted by atomic mass is 10.00. The van der Waals surface area contributed by atoms with Crippen LogP contribution in [0.1, 0.15) is 26.7 Å². The van der Waals surface area contributed by atoms with Crippen molar-refractivity contribution in [1.29, 1.82) is 0 Å². The van der Waals surface area contributed by atoms with Gasteiger partial charge in [-0.15, -0.1) is 0 Å². The van der Waals surface area contributed by atoms with E-state index in [4.69, 9.17) is 9.47 Å². The van der Waals surface area contributed by atoms with E-state index in [2.05, 4.69) is 10.6 Å². The van der Waals surface area contributed by atoms with Crippen molar-refractivity contribution in [2.45, 2.75) is 26.7 Å². The Morgan fingerprint density at radius 2 is 0.878 bits per heavy atom. The van der Waals surface area contributed by atoms with Gasteiger partial charge in [0.25, 0.3) is 0 Å². The van der Waals surface area contributed by atoms with Gasteiger partial charge in [0.05, 0.1) is 24.6 Å². The van der Waals surface area contributed by atoms with Crippen molar-refractivity contribution >= 4 is 47.1 Å². The fourth-order valence-corrected chi connectivity index (χ4v) is 4.72. The van der Waals surface area contributed by atoms with E-state index in [0.29, 0.717) is 62.0 Å². The molecule has 49 heavy (non-hydrogen) atoms. The monoisotopic (exact) mass is 692 g/mol. The predicted octanol–water partition coefficient (Wildman–Crippen LogP) is -0.00210. The minimum atomic E-state index is -0.860. The van der Waals surface area contributed by atoms with Gasteiger partial charge in [0.1, 0.15) is 23.3 Å². The molecule has 17 heteroatoms. The molecule has 0 radical (unpaired) electrons. The highest BCUT2D eigenvalue weighted by Crippen LogP contribution is 2.26. The maximum atomic E-state index is 12.6. The first kappa shape index (κ1) is 44.1. The fourth-order valence-electron chi connectivity index (χ4n) is 4.72. The van der Waals surface area contributed by atoms with Crippen molar-refractivity contribution < 1.29 is 54.7 Å². The fraction of sp³-hybridized carbons (Fsp3) is 0.438. The Kier molecular flexibility index (Phi) is 18.4. The van der Waals surface area contributed by atoms with E-state index in [0.717, 1.165) is 9.80 Å². The number of carbonyl (C=O) groups excluding carboxylic acids is 6. The molecule has 2 fully saturated rings. The zero-order valence-electron chi connectivity index (χ0n) is 28.6. The van der Waals surface area contributed by atoms with E-state index in [9.17, 15) is 28.8 Å². The number of ether oxygens (including phenoxy) is 2. The van der Waals surface area contributed by atoms with Gasteiger partial charge in [0.15, 0.2) is 0 Å². The lowest BCUT2D eigenvalue weighted by molar-refractivity contribution is -0.136. The molecule has 2 saturated heterocycles. The quantitative estimate of drug-likeness (QED) is 0.282. The number of nitrogens with one attached hydrogen (secondary N) is 2. The number of benzene rings is 2. The van der Waals surface area contributed by atoms with Gasteiger partial charge in [-0.2, -0.15) is 0 Å². The first-order chi connectivity index (χ1) is 21.9. The summed E-state index contributed by atoms with van der Waals surface area (Å²) >= 11 is 0. The van der Waals surface area contributed by atoms with Crippen molar-refractivity contribution in [2.75, 3.05) is 64.3 Å². The lowest BCUT2D eigenvalue weighted by Gasteiger charge is -2.30. The van der Waals surface area contributed by atoms with Crippen LogP contribution < -0.4 is 29.9 Å². The van der Waals surface area contributed by atoms with Gasteiger partial charge in [-0.3, -0.25) is 29.8 Å². The number of anilines is 2. The molecule has 0 aromatic heterocycles. The van der Waals surface area contributed by atoms with Gasteiger partial charge in [-0.1, -0.05) is 0 Å². The molecule has 0 saturated carbocycles. The van der Waals surface area contributed by atoms with E-state index >= 15 is 0 Å². The SMILES string of the molecule is CCOc1ccc(N2C(=O)NC(=O)C(CCN(C)C)C2=O)cc1.CCOc1ccc(N2C(=O)NC(=O)C(CCN(C)C)C2=O)cc1.O.O.O. The van der Waals surface area contributed by atoms with Crippen LogP contribution in [0.4, 0.5) is 21.0 Å². The van der Waals surface area contributed by atoms with Crippen LogP contribution in [0.2, 0.25) is 0 Å². The summed E-state index contributed by atoms with van der Waals surface area (Å²) in [5.41, 5.74) is 0.830. The highest BCUT2D eigenvalue weighted by Gasteiger charge is 2.42. The number of carbonyl (C=O) groups is 6. The van der Waals surface area contributed by atoms with Crippen LogP contribution in [0.3, 0.4) is 0 Å². The van der Waals surface area contributed by atoms with Gasteiger partial charge in [0, 0.05) is 0 Å². The molecule has 2 heterocycles. The van der Waals surface area contributed by atoms with Crippen LogP contribution in [-0.4, -0.2) is 116 Å². The molecule has 272 valence electrons. The number of urea groups is 2. The molecule has 2 aliphatic rings. The summed E-state index contributed by atoms with van der Waals surface area (Å²) in [7, 11) is 7.45. The molecule has 4 rings (SSSR count). The van der Waals surface area contributed by atoms with Crippen LogP contribution in [0.5, 0.6) is 11.5 Å². The zero-order chi connectivity index (χ0) is 34.0. The van der Waals surface area contributed by atoms with Crippen molar-refractivity contribution in [2.24, 2.45) is 11.8 Å². The molecule has 8 N–H and O–H groups in total. The third-order valence-corrected chi connectivity index (χ3v) is 7.08. The second-order valence-electron chi connectivity index (χ2n) is 11.1. The van der Waals surface area contributed by atoms with Gasteiger partial charge in [0.2, 0.25) is 23.6 Å². The number of hydrogen-bond donors (Lipinski definition) is 2. The number of nitrogens with zero attached hydrogens (tertiary/aromatic N) is 4. The summed E-state index contributed by atoms with van der Waals surface area (Å²) in [5, 5.41) is 4.50. The lowest BCUT2D eigenvalue weighted by Crippen LogP contribution is -2.58. The molecular formula is C32H48N6O11.